The highest BCUT2D eigenvalue weighted by Gasteiger charge is 2.25. The van der Waals surface area contributed by atoms with Gasteiger partial charge in [0.05, 0.1) is 11.2 Å². The molecule has 0 aliphatic heterocycles. The predicted molar refractivity (Wildman–Crippen MR) is 73.9 cm³/mol. The highest BCUT2D eigenvalue weighted by Crippen LogP contribution is 2.27. The number of hydrogen-bond donors (Lipinski definition) is 1. The number of benzene rings is 2. The van der Waals surface area contributed by atoms with E-state index in [1.165, 1.54) is 18.2 Å². The monoisotopic (exact) mass is 354 g/mol. The van der Waals surface area contributed by atoms with Crippen LogP contribution in [-0.2, 0) is 0 Å². The summed E-state index contributed by atoms with van der Waals surface area (Å²) in [5.41, 5.74) is 0.817. The molecular weight excluding hydrogens is 350 g/mol. The molecule has 2 rings (SSSR count). The summed E-state index contributed by atoms with van der Waals surface area (Å²) in [6.07, 6.45) is 1.04. The van der Waals surface area contributed by atoms with Gasteiger partial charge in [-0.2, -0.15) is 5.10 Å². The van der Waals surface area contributed by atoms with Crippen molar-refractivity contribution in [3.63, 3.8) is 0 Å². The fourth-order valence-electron chi connectivity index (χ4n) is 1.48. The Hall–Kier alpha value is -1.86. The summed E-state index contributed by atoms with van der Waals surface area (Å²) >= 11 is 11.5. The first-order valence-electron chi connectivity index (χ1n) is 5.58. The molecule has 0 saturated heterocycles. The molecule has 0 fully saturated rings. The second kappa shape index (κ2) is 6.50. The SMILES string of the molecule is Fc1c(F)c(F)c(N/N=C\c2ccc(Cl)cc2Cl)c(F)c1F. The van der Waals surface area contributed by atoms with Gasteiger partial charge in [-0.15, -0.1) is 0 Å². The molecule has 2 nitrogen and oxygen atoms in total. The second-order valence-corrected chi connectivity index (χ2v) is 4.82. The highest BCUT2D eigenvalue weighted by molar-refractivity contribution is 6.36. The van der Waals surface area contributed by atoms with Gasteiger partial charge in [0.2, 0.25) is 5.82 Å². The Morgan fingerprint density at radius 3 is 1.95 bits per heavy atom. The van der Waals surface area contributed by atoms with Crippen molar-refractivity contribution in [1.29, 1.82) is 0 Å². The van der Waals surface area contributed by atoms with Gasteiger partial charge in [-0.1, -0.05) is 29.3 Å². The van der Waals surface area contributed by atoms with Crippen LogP contribution in [0.2, 0.25) is 10.0 Å². The van der Waals surface area contributed by atoms with E-state index in [4.69, 9.17) is 23.2 Å². The standard InChI is InChI=1S/C13H5Cl2F5N2/c14-6-2-1-5(7(15)3-6)4-21-22-13-11(19)9(17)8(16)10(18)12(13)20/h1-4,22H/b21-4-. The first-order chi connectivity index (χ1) is 10.3. The maximum atomic E-state index is 13.4. The third-order valence-corrected chi connectivity index (χ3v) is 3.11. The van der Waals surface area contributed by atoms with Crippen molar-refractivity contribution >= 4 is 35.1 Å². The minimum atomic E-state index is -2.25. The fraction of sp³-hybridized carbons (Fsp3) is 0. The van der Waals surface area contributed by atoms with Crippen molar-refractivity contribution in [3.8, 4) is 0 Å². The zero-order valence-electron chi connectivity index (χ0n) is 10.4. The Morgan fingerprint density at radius 1 is 0.864 bits per heavy atom. The van der Waals surface area contributed by atoms with Crippen molar-refractivity contribution in [2.45, 2.75) is 0 Å². The highest BCUT2D eigenvalue weighted by atomic mass is 35.5. The summed E-state index contributed by atoms with van der Waals surface area (Å²) < 4.78 is 65.5. The lowest BCUT2D eigenvalue weighted by Gasteiger charge is -2.07. The number of hydrazone groups is 1. The number of anilines is 1. The lowest BCUT2D eigenvalue weighted by atomic mass is 10.2. The molecule has 0 saturated carbocycles. The van der Waals surface area contributed by atoms with Gasteiger partial charge in [0.1, 0.15) is 5.69 Å². The van der Waals surface area contributed by atoms with E-state index in [-0.39, 0.29) is 5.02 Å². The molecule has 0 heterocycles. The quantitative estimate of drug-likeness (QED) is 0.267. The molecule has 0 aliphatic carbocycles. The van der Waals surface area contributed by atoms with E-state index in [0.29, 0.717) is 10.6 Å². The third-order valence-electron chi connectivity index (χ3n) is 2.55. The fourth-order valence-corrected chi connectivity index (χ4v) is 1.93. The molecule has 0 aromatic heterocycles. The first kappa shape index (κ1) is 16.5. The van der Waals surface area contributed by atoms with E-state index < -0.39 is 34.8 Å². The largest absolute Gasteiger partial charge is 0.272 e. The molecule has 116 valence electrons. The average molecular weight is 355 g/mol. The third kappa shape index (κ3) is 3.15. The molecule has 0 unspecified atom stereocenters. The summed E-state index contributed by atoms with van der Waals surface area (Å²) in [5.74, 6) is -10.4. The van der Waals surface area contributed by atoms with Crippen LogP contribution >= 0.6 is 23.2 Å². The Kier molecular flexibility index (Phi) is 4.87. The van der Waals surface area contributed by atoms with Gasteiger partial charge >= 0.3 is 0 Å². The summed E-state index contributed by atoms with van der Waals surface area (Å²) in [7, 11) is 0. The van der Waals surface area contributed by atoms with Crippen molar-refractivity contribution in [2.24, 2.45) is 5.10 Å². The number of nitrogens with zero attached hydrogens (tertiary/aromatic N) is 1. The Labute approximate surface area is 131 Å². The van der Waals surface area contributed by atoms with E-state index in [2.05, 4.69) is 5.10 Å². The number of nitrogens with one attached hydrogen (secondary N) is 1. The van der Waals surface area contributed by atoms with Crippen LogP contribution in [0.4, 0.5) is 27.6 Å². The molecular formula is C13H5Cl2F5N2. The van der Waals surface area contributed by atoms with Crippen molar-refractivity contribution in [1.82, 2.24) is 0 Å². The molecule has 22 heavy (non-hydrogen) atoms. The summed E-state index contributed by atoms with van der Waals surface area (Å²) in [5, 5.41) is 3.94. The van der Waals surface area contributed by atoms with E-state index in [9.17, 15) is 22.0 Å². The van der Waals surface area contributed by atoms with Gasteiger partial charge in [-0.25, -0.2) is 22.0 Å². The van der Waals surface area contributed by atoms with Gasteiger partial charge in [-0.05, 0) is 12.1 Å². The Morgan fingerprint density at radius 2 is 1.41 bits per heavy atom. The molecule has 0 radical (unpaired) electrons. The molecule has 0 aliphatic rings. The van der Waals surface area contributed by atoms with E-state index in [1.807, 2.05) is 0 Å². The van der Waals surface area contributed by atoms with Crippen molar-refractivity contribution < 1.29 is 22.0 Å². The van der Waals surface area contributed by atoms with Gasteiger partial charge in [0.25, 0.3) is 0 Å². The van der Waals surface area contributed by atoms with Crippen molar-refractivity contribution in [2.75, 3.05) is 5.43 Å². The zero-order chi connectivity index (χ0) is 16.4. The molecule has 0 atom stereocenters. The second-order valence-electron chi connectivity index (χ2n) is 3.98. The molecule has 0 amide bonds. The van der Waals surface area contributed by atoms with Gasteiger partial charge < -0.3 is 0 Å². The van der Waals surface area contributed by atoms with Crippen LogP contribution < -0.4 is 5.43 Å². The number of rotatable bonds is 3. The van der Waals surface area contributed by atoms with Crippen LogP contribution in [-0.4, -0.2) is 6.21 Å². The summed E-state index contributed by atoms with van der Waals surface area (Å²) in [6.45, 7) is 0. The zero-order valence-corrected chi connectivity index (χ0v) is 11.9. The van der Waals surface area contributed by atoms with Gasteiger partial charge in [0, 0.05) is 10.6 Å². The molecule has 0 bridgehead atoms. The van der Waals surface area contributed by atoms with E-state index in [1.54, 1.807) is 5.43 Å². The Balaban J connectivity index is 2.30. The van der Waals surface area contributed by atoms with Gasteiger partial charge in [0.15, 0.2) is 23.3 Å². The van der Waals surface area contributed by atoms with Crippen LogP contribution in [0.3, 0.4) is 0 Å². The molecule has 0 spiro atoms. The summed E-state index contributed by atoms with van der Waals surface area (Å²) in [4.78, 5) is 0. The lowest BCUT2D eigenvalue weighted by Crippen LogP contribution is -2.06. The minimum absolute atomic E-state index is 0.190. The lowest BCUT2D eigenvalue weighted by molar-refractivity contribution is 0.381. The Bertz CT molecular complexity index is 736. The first-order valence-corrected chi connectivity index (χ1v) is 6.34. The number of halogens is 7. The number of hydrogen-bond acceptors (Lipinski definition) is 2. The maximum Gasteiger partial charge on any atom is 0.200 e. The van der Waals surface area contributed by atoms with Crippen LogP contribution in [0.5, 0.6) is 0 Å². The van der Waals surface area contributed by atoms with Crippen LogP contribution in [0, 0.1) is 29.1 Å². The topological polar surface area (TPSA) is 24.4 Å². The van der Waals surface area contributed by atoms with Gasteiger partial charge in [-0.3, -0.25) is 5.43 Å². The smallest absolute Gasteiger partial charge is 0.200 e. The predicted octanol–water partition coefficient (Wildman–Crippen LogP) is 5.13. The van der Waals surface area contributed by atoms with Crippen molar-refractivity contribution in [3.05, 3.63) is 62.9 Å². The van der Waals surface area contributed by atoms with Crippen LogP contribution in [0.15, 0.2) is 23.3 Å². The van der Waals surface area contributed by atoms with Crippen LogP contribution in [0.1, 0.15) is 5.56 Å². The maximum absolute atomic E-state index is 13.4. The molecule has 2 aromatic rings. The van der Waals surface area contributed by atoms with E-state index >= 15 is 0 Å². The normalized spacial score (nSPS) is 11.2. The minimum Gasteiger partial charge on any atom is -0.272 e. The molecule has 2 aromatic carbocycles. The average Bonchev–Trinajstić information content (AvgIpc) is 2.48. The summed E-state index contributed by atoms with van der Waals surface area (Å²) in [6, 6.07) is 4.32. The van der Waals surface area contributed by atoms with E-state index in [0.717, 1.165) is 6.21 Å². The molecule has 9 heteroatoms. The van der Waals surface area contributed by atoms with Crippen LogP contribution in [0.25, 0.3) is 0 Å². The molecule has 1 N–H and O–H groups in total.